The highest BCUT2D eigenvalue weighted by atomic mass is 32.2. The second-order valence-corrected chi connectivity index (χ2v) is 12.3. The lowest BCUT2D eigenvalue weighted by atomic mass is 9.96. The highest BCUT2D eigenvalue weighted by molar-refractivity contribution is 7.89. The number of hydrogen-bond donors (Lipinski definition) is 0. The Morgan fingerprint density at radius 1 is 0.675 bits per heavy atom. The third-order valence-corrected chi connectivity index (χ3v) is 9.84. The van der Waals surface area contributed by atoms with Gasteiger partial charge in [-0.3, -0.25) is 9.69 Å². The van der Waals surface area contributed by atoms with E-state index in [1.807, 2.05) is 42.5 Å². The fourth-order valence-electron chi connectivity index (χ4n) is 5.92. The molecule has 40 heavy (non-hydrogen) atoms. The minimum Gasteiger partial charge on any atom is -0.308 e. The number of carbonyl (C=O) groups is 1. The normalized spacial score (nSPS) is 16.6. The van der Waals surface area contributed by atoms with Gasteiger partial charge in [0.1, 0.15) is 0 Å². The van der Waals surface area contributed by atoms with Crippen LogP contribution in [0.25, 0.3) is 0 Å². The summed E-state index contributed by atoms with van der Waals surface area (Å²) in [5, 5.41) is 0. The van der Waals surface area contributed by atoms with E-state index < -0.39 is 10.0 Å². The van der Waals surface area contributed by atoms with Crippen LogP contribution in [0.2, 0.25) is 0 Å². The Hall–Kier alpha value is -3.78. The molecule has 0 radical (unpaired) electrons. The van der Waals surface area contributed by atoms with Crippen LogP contribution in [0.1, 0.15) is 39.5 Å². The van der Waals surface area contributed by atoms with Crippen molar-refractivity contribution in [3.63, 3.8) is 0 Å². The van der Waals surface area contributed by atoms with E-state index in [0.717, 1.165) is 24.1 Å². The van der Waals surface area contributed by atoms with Gasteiger partial charge in [-0.1, -0.05) is 78.9 Å². The summed E-state index contributed by atoms with van der Waals surface area (Å²) in [6.07, 6.45) is 1.55. The molecule has 1 fully saturated rings. The van der Waals surface area contributed by atoms with Gasteiger partial charge in [0.05, 0.1) is 10.9 Å². The maximum absolute atomic E-state index is 13.8. The van der Waals surface area contributed by atoms with E-state index in [4.69, 9.17) is 0 Å². The van der Waals surface area contributed by atoms with E-state index in [9.17, 15) is 13.2 Å². The van der Waals surface area contributed by atoms with Gasteiger partial charge in [-0.05, 0) is 59.9 Å². The van der Waals surface area contributed by atoms with Gasteiger partial charge in [0, 0.05) is 44.0 Å². The van der Waals surface area contributed by atoms with Crippen molar-refractivity contribution < 1.29 is 13.2 Å². The topological polar surface area (TPSA) is 60.9 Å². The molecule has 0 aromatic heterocycles. The number of nitrogens with zero attached hydrogens (tertiary/aromatic N) is 3. The Balaban J connectivity index is 1.20. The van der Waals surface area contributed by atoms with Gasteiger partial charge in [0.25, 0.3) is 5.91 Å². The summed E-state index contributed by atoms with van der Waals surface area (Å²) >= 11 is 0. The van der Waals surface area contributed by atoms with Crippen molar-refractivity contribution in [1.29, 1.82) is 0 Å². The van der Waals surface area contributed by atoms with Gasteiger partial charge in [0.15, 0.2) is 0 Å². The van der Waals surface area contributed by atoms with Gasteiger partial charge in [-0.15, -0.1) is 0 Å². The number of sulfonamides is 1. The second-order valence-electron chi connectivity index (χ2n) is 10.4. The first-order valence-corrected chi connectivity index (χ1v) is 15.3. The van der Waals surface area contributed by atoms with Crippen molar-refractivity contribution in [3.05, 3.63) is 131 Å². The van der Waals surface area contributed by atoms with Crippen molar-refractivity contribution in [2.45, 2.75) is 23.8 Å². The lowest BCUT2D eigenvalue weighted by molar-refractivity contribution is 0.0985. The van der Waals surface area contributed by atoms with Gasteiger partial charge < -0.3 is 4.90 Å². The monoisotopic (exact) mass is 551 g/mol. The zero-order valence-corrected chi connectivity index (χ0v) is 23.2. The summed E-state index contributed by atoms with van der Waals surface area (Å²) in [7, 11) is -3.66. The smallest absolute Gasteiger partial charge is 0.258 e. The molecule has 0 aliphatic carbocycles. The van der Waals surface area contributed by atoms with Gasteiger partial charge in [0.2, 0.25) is 10.0 Å². The van der Waals surface area contributed by atoms with E-state index in [0.29, 0.717) is 43.2 Å². The number of anilines is 1. The van der Waals surface area contributed by atoms with Crippen LogP contribution < -0.4 is 4.90 Å². The Morgan fingerprint density at radius 3 is 1.85 bits per heavy atom. The molecule has 7 heteroatoms. The van der Waals surface area contributed by atoms with E-state index in [-0.39, 0.29) is 11.9 Å². The molecule has 204 valence electrons. The van der Waals surface area contributed by atoms with Crippen molar-refractivity contribution in [1.82, 2.24) is 9.21 Å². The van der Waals surface area contributed by atoms with Crippen LogP contribution in [-0.2, 0) is 16.4 Å². The Bertz CT molecular complexity index is 1530. The summed E-state index contributed by atoms with van der Waals surface area (Å²) in [5.41, 5.74) is 4.75. The van der Waals surface area contributed by atoms with Crippen molar-refractivity contribution in [3.8, 4) is 0 Å². The Morgan fingerprint density at radius 2 is 1.25 bits per heavy atom. The molecule has 2 aliphatic heterocycles. The lowest BCUT2D eigenvalue weighted by Gasteiger charge is -2.39. The first-order valence-electron chi connectivity index (χ1n) is 13.9. The highest BCUT2D eigenvalue weighted by Crippen LogP contribution is 2.33. The van der Waals surface area contributed by atoms with Crippen LogP contribution in [0.5, 0.6) is 0 Å². The average molecular weight is 552 g/mol. The molecule has 0 spiro atoms. The average Bonchev–Trinajstić information content (AvgIpc) is 3.02. The van der Waals surface area contributed by atoms with Crippen LogP contribution in [0.4, 0.5) is 5.69 Å². The lowest BCUT2D eigenvalue weighted by Crippen LogP contribution is -2.49. The minimum absolute atomic E-state index is 0.0559. The molecule has 6 rings (SSSR count). The number of benzene rings is 4. The number of amides is 1. The fourth-order valence-corrected chi connectivity index (χ4v) is 7.39. The molecule has 4 aromatic carbocycles. The zero-order valence-electron chi connectivity index (χ0n) is 22.4. The number of hydrogen-bond acceptors (Lipinski definition) is 4. The summed E-state index contributed by atoms with van der Waals surface area (Å²) < 4.78 is 29.1. The van der Waals surface area contributed by atoms with Gasteiger partial charge in [-0.25, -0.2) is 8.42 Å². The number of aryl methyl sites for hydroxylation is 1. The van der Waals surface area contributed by atoms with E-state index >= 15 is 0 Å². The van der Waals surface area contributed by atoms with Crippen molar-refractivity contribution in [2.24, 2.45) is 0 Å². The first-order chi connectivity index (χ1) is 19.5. The molecule has 0 saturated carbocycles. The van der Waals surface area contributed by atoms with Crippen LogP contribution >= 0.6 is 0 Å². The molecule has 0 bridgehead atoms. The molecule has 2 aliphatic rings. The number of piperazine rings is 1. The SMILES string of the molecule is O=C(c1ccccc1)N1CCCc2cc(S(=O)(=O)N3CCN(C(c4ccccc4)c4ccccc4)CC3)ccc21. The molecule has 0 atom stereocenters. The molecule has 0 unspecified atom stereocenters. The fraction of sp³-hybridized carbons (Fsp3) is 0.242. The maximum atomic E-state index is 13.8. The van der Waals surface area contributed by atoms with E-state index in [1.54, 1.807) is 27.4 Å². The quantitative estimate of drug-likeness (QED) is 0.323. The third-order valence-electron chi connectivity index (χ3n) is 7.94. The van der Waals surface area contributed by atoms with Crippen LogP contribution in [-0.4, -0.2) is 56.3 Å². The zero-order chi connectivity index (χ0) is 27.5. The molecule has 1 amide bonds. The van der Waals surface area contributed by atoms with Crippen molar-refractivity contribution >= 4 is 21.6 Å². The Labute approximate surface area is 236 Å². The molecule has 1 saturated heterocycles. The number of rotatable bonds is 6. The largest absolute Gasteiger partial charge is 0.308 e. The molecular formula is C33H33N3O3S. The summed E-state index contributed by atoms with van der Waals surface area (Å²) in [6.45, 7) is 2.75. The molecule has 6 nitrogen and oxygen atoms in total. The van der Waals surface area contributed by atoms with Gasteiger partial charge in [-0.2, -0.15) is 4.31 Å². The highest BCUT2D eigenvalue weighted by Gasteiger charge is 2.33. The van der Waals surface area contributed by atoms with Crippen LogP contribution in [0, 0.1) is 0 Å². The van der Waals surface area contributed by atoms with Crippen molar-refractivity contribution in [2.75, 3.05) is 37.6 Å². The Kier molecular flexibility index (Phi) is 7.52. The molecular weight excluding hydrogens is 518 g/mol. The second kappa shape index (κ2) is 11.4. The summed E-state index contributed by atoms with van der Waals surface area (Å²) in [4.78, 5) is 17.6. The summed E-state index contributed by atoms with van der Waals surface area (Å²) in [6, 6.07) is 35.3. The number of carbonyl (C=O) groups excluding carboxylic acids is 1. The maximum Gasteiger partial charge on any atom is 0.258 e. The predicted octanol–water partition coefficient (Wildman–Crippen LogP) is 5.38. The first kappa shape index (κ1) is 26.4. The van der Waals surface area contributed by atoms with Crippen LogP contribution in [0.15, 0.2) is 114 Å². The van der Waals surface area contributed by atoms with Gasteiger partial charge >= 0.3 is 0 Å². The predicted molar refractivity (Wildman–Crippen MR) is 158 cm³/mol. The molecule has 2 heterocycles. The van der Waals surface area contributed by atoms with E-state index in [1.165, 1.54) is 11.1 Å². The summed E-state index contributed by atoms with van der Waals surface area (Å²) in [5.74, 6) is -0.0559. The van der Waals surface area contributed by atoms with E-state index in [2.05, 4.69) is 53.4 Å². The minimum atomic E-state index is -3.66. The standard InChI is InChI=1S/C33H33N3O3S/c37-33(28-15-8-3-9-16-28)36-20-10-17-29-25-30(18-19-31(29)36)40(38,39)35-23-21-34(22-24-35)32(26-11-4-1-5-12-26)27-13-6-2-7-14-27/h1-9,11-16,18-19,25,32H,10,17,20-24H2. The van der Waals surface area contributed by atoms with Crippen LogP contribution in [0.3, 0.4) is 0 Å². The number of fused-ring (bicyclic) bond motifs is 1. The third kappa shape index (κ3) is 5.20. The molecule has 4 aromatic rings. The molecule has 0 N–H and O–H groups in total.